The molecule has 0 atom stereocenters. The highest BCUT2D eigenvalue weighted by Gasteiger charge is 2.20. The van der Waals surface area contributed by atoms with Crippen LogP contribution in [0.3, 0.4) is 0 Å². The summed E-state index contributed by atoms with van der Waals surface area (Å²) in [4.78, 5) is 14.1. The summed E-state index contributed by atoms with van der Waals surface area (Å²) in [5.74, 6) is 0.559. The molecule has 1 aromatic heterocycles. The van der Waals surface area contributed by atoms with Crippen molar-refractivity contribution in [3.8, 4) is 0 Å². The summed E-state index contributed by atoms with van der Waals surface area (Å²) in [7, 11) is 0. The van der Waals surface area contributed by atoms with Crippen LogP contribution in [-0.4, -0.2) is 57.1 Å². The van der Waals surface area contributed by atoms with Crippen molar-refractivity contribution >= 4 is 5.91 Å². The summed E-state index contributed by atoms with van der Waals surface area (Å²) in [6, 6.07) is 0.638. The van der Waals surface area contributed by atoms with Crippen LogP contribution in [0, 0.1) is 5.92 Å². The van der Waals surface area contributed by atoms with Gasteiger partial charge in [-0.2, -0.15) is 5.21 Å². The van der Waals surface area contributed by atoms with Gasteiger partial charge in [0.1, 0.15) is 0 Å². The second-order valence-corrected chi connectivity index (χ2v) is 5.35. The molecule has 2 N–H and O–H groups in total. The highest BCUT2D eigenvalue weighted by atomic mass is 16.2. The number of rotatable bonds is 5. The molecule has 1 aromatic rings. The van der Waals surface area contributed by atoms with E-state index in [0.717, 1.165) is 6.42 Å². The van der Waals surface area contributed by atoms with Gasteiger partial charge in [-0.25, -0.2) is 0 Å². The highest BCUT2D eigenvalue weighted by Crippen LogP contribution is 2.21. The Bertz CT molecular complexity index is 383. The number of piperidine rings is 1. The number of H-pyrrole nitrogens is 1. The zero-order valence-electron chi connectivity index (χ0n) is 11.6. The molecule has 19 heavy (non-hydrogen) atoms. The number of likely N-dealkylation sites (tertiary alicyclic amines) is 1. The van der Waals surface area contributed by atoms with E-state index in [2.05, 4.69) is 44.7 Å². The molecule has 7 nitrogen and oxygen atoms in total. The molecule has 0 spiro atoms. The van der Waals surface area contributed by atoms with E-state index in [9.17, 15) is 4.79 Å². The number of tetrazole rings is 1. The second-order valence-electron chi connectivity index (χ2n) is 5.35. The van der Waals surface area contributed by atoms with Gasteiger partial charge in [0.15, 0.2) is 0 Å². The van der Waals surface area contributed by atoms with Crippen molar-refractivity contribution in [2.75, 3.05) is 19.6 Å². The SMILES string of the molecule is CC(C)N1CCC(CCNC(=O)c2nn[nH]n2)CC1. The summed E-state index contributed by atoms with van der Waals surface area (Å²) >= 11 is 0. The third-order valence-electron chi connectivity index (χ3n) is 3.77. The quantitative estimate of drug-likeness (QED) is 0.807. The minimum Gasteiger partial charge on any atom is -0.349 e. The molecule has 2 heterocycles. The highest BCUT2D eigenvalue weighted by molar-refractivity contribution is 5.89. The summed E-state index contributed by atoms with van der Waals surface area (Å²) < 4.78 is 0. The lowest BCUT2D eigenvalue weighted by Crippen LogP contribution is -2.39. The van der Waals surface area contributed by atoms with E-state index in [0.29, 0.717) is 18.5 Å². The van der Waals surface area contributed by atoms with Gasteiger partial charge in [0.2, 0.25) is 0 Å². The molecule has 2 rings (SSSR count). The Morgan fingerprint density at radius 3 is 2.79 bits per heavy atom. The summed E-state index contributed by atoms with van der Waals surface area (Å²) in [5, 5.41) is 15.8. The van der Waals surface area contributed by atoms with Gasteiger partial charge in [-0.3, -0.25) is 4.79 Å². The lowest BCUT2D eigenvalue weighted by molar-refractivity contribution is 0.0936. The second kappa shape index (κ2) is 6.60. The molecule has 0 aliphatic carbocycles. The van der Waals surface area contributed by atoms with Crippen LogP contribution in [0.15, 0.2) is 0 Å². The van der Waals surface area contributed by atoms with Gasteiger partial charge in [-0.15, -0.1) is 10.2 Å². The number of nitrogens with zero attached hydrogens (tertiary/aromatic N) is 4. The molecule has 0 unspecified atom stereocenters. The average Bonchev–Trinajstić information content (AvgIpc) is 2.93. The van der Waals surface area contributed by atoms with Gasteiger partial charge >= 0.3 is 0 Å². The van der Waals surface area contributed by atoms with Crippen molar-refractivity contribution in [3.63, 3.8) is 0 Å². The van der Waals surface area contributed by atoms with E-state index in [1.165, 1.54) is 25.9 Å². The Morgan fingerprint density at radius 2 is 2.21 bits per heavy atom. The van der Waals surface area contributed by atoms with Crippen molar-refractivity contribution < 1.29 is 4.79 Å². The zero-order chi connectivity index (χ0) is 13.7. The molecule has 7 heteroatoms. The van der Waals surface area contributed by atoms with Crippen LogP contribution < -0.4 is 5.32 Å². The van der Waals surface area contributed by atoms with Crippen LogP contribution in [0.2, 0.25) is 0 Å². The van der Waals surface area contributed by atoms with Crippen molar-refractivity contribution in [1.29, 1.82) is 0 Å². The molecular weight excluding hydrogens is 244 g/mol. The molecular formula is C12H22N6O. The number of amides is 1. The Balaban J connectivity index is 1.63. The lowest BCUT2D eigenvalue weighted by Gasteiger charge is -2.34. The molecule has 1 aliphatic heterocycles. The summed E-state index contributed by atoms with van der Waals surface area (Å²) in [6.45, 7) is 7.50. The molecule has 0 radical (unpaired) electrons. The van der Waals surface area contributed by atoms with Crippen LogP contribution in [0.1, 0.15) is 43.7 Å². The first-order valence-electron chi connectivity index (χ1n) is 6.92. The van der Waals surface area contributed by atoms with Gasteiger partial charge in [-0.1, -0.05) is 0 Å². The minimum atomic E-state index is -0.256. The van der Waals surface area contributed by atoms with Crippen LogP contribution in [0.4, 0.5) is 0 Å². The molecule has 0 saturated carbocycles. The van der Waals surface area contributed by atoms with E-state index in [1.807, 2.05) is 0 Å². The standard InChI is InChI=1S/C12H22N6O/c1-9(2)18-7-4-10(5-8-18)3-6-13-12(19)11-14-16-17-15-11/h9-10H,3-8H2,1-2H3,(H,13,19)(H,14,15,16,17). The van der Waals surface area contributed by atoms with Crippen molar-refractivity contribution in [2.45, 2.75) is 39.2 Å². The molecule has 106 valence electrons. The lowest BCUT2D eigenvalue weighted by atomic mass is 9.93. The molecule has 1 saturated heterocycles. The van der Waals surface area contributed by atoms with Crippen molar-refractivity contribution in [2.24, 2.45) is 5.92 Å². The van der Waals surface area contributed by atoms with E-state index >= 15 is 0 Å². The van der Waals surface area contributed by atoms with Crippen LogP contribution in [0.5, 0.6) is 0 Å². The predicted molar refractivity (Wildman–Crippen MR) is 70.6 cm³/mol. The molecule has 1 aliphatic rings. The maximum atomic E-state index is 11.6. The number of aromatic nitrogens is 4. The fourth-order valence-corrected chi connectivity index (χ4v) is 2.48. The summed E-state index contributed by atoms with van der Waals surface area (Å²) in [6.07, 6.45) is 3.46. The maximum absolute atomic E-state index is 11.6. The van der Waals surface area contributed by atoms with Gasteiger partial charge in [-0.05, 0) is 57.3 Å². The molecule has 1 amide bonds. The maximum Gasteiger partial charge on any atom is 0.292 e. The van der Waals surface area contributed by atoms with Gasteiger partial charge in [0, 0.05) is 12.6 Å². The normalized spacial score (nSPS) is 17.8. The van der Waals surface area contributed by atoms with Gasteiger partial charge in [0.05, 0.1) is 0 Å². The number of nitrogens with one attached hydrogen (secondary N) is 2. The smallest absolute Gasteiger partial charge is 0.292 e. The molecule has 0 aromatic carbocycles. The monoisotopic (exact) mass is 266 g/mol. The number of carbonyl (C=O) groups is 1. The third-order valence-corrected chi connectivity index (χ3v) is 3.77. The van der Waals surface area contributed by atoms with E-state index in [-0.39, 0.29) is 11.7 Å². The Morgan fingerprint density at radius 1 is 1.47 bits per heavy atom. The third kappa shape index (κ3) is 3.99. The van der Waals surface area contributed by atoms with Gasteiger partial charge in [0.25, 0.3) is 11.7 Å². The van der Waals surface area contributed by atoms with Crippen molar-refractivity contribution in [1.82, 2.24) is 30.8 Å². The van der Waals surface area contributed by atoms with Crippen LogP contribution >= 0.6 is 0 Å². The zero-order valence-corrected chi connectivity index (χ0v) is 11.6. The fourth-order valence-electron chi connectivity index (χ4n) is 2.48. The first kappa shape index (κ1) is 13.9. The fraction of sp³-hybridized carbons (Fsp3) is 0.833. The largest absolute Gasteiger partial charge is 0.349 e. The van der Waals surface area contributed by atoms with Gasteiger partial charge < -0.3 is 10.2 Å². The molecule has 1 fully saturated rings. The van der Waals surface area contributed by atoms with Crippen LogP contribution in [-0.2, 0) is 0 Å². The van der Waals surface area contributed by atoms with E-state index in [4.69, 9.17) is 0 Å². The minimum absolute atomic E-state index is 0.106. The van der Waals surface area contributed by atoms with Crippen molar-refractivity contribution in [3.05, 3.63) is 5.82 Å². The number of carbonyl (C=O) groups excluding carboxylic acids is 1. The average molecular weight is 266 g/mol. The Hall–Kier alpha value is -1.50. The first-order valence-corrected chi connectivity index (χ1v) is 6.92. The molecule has 0 bridgehead atoms. The number of aromatic amines is 1. The number of hydrogen-bond acceptors (Lipinski definition) is 5. The first-order chi connectivity index (χ1) is 9.16. The Labute approximate surface area is 113 Å². The van der Waals surface area contributed by atoms with Crippen LogP contribution in [0.25, 0.3) is 0 Å². The number of hydrogen-bond donors (Lipinski definition) is 2. The summed E-state index contributed by atoms with van der Waals surface area (Å²) in [5.41, 5.74) is 0. The predicted octanol–water partition coefficient (Wildman–Crippen LogP) is 0.440. The van der Waals surface area contributed by atoms with E-state index in [1.54, 1.807) is 0 Å². The topological polar surface area (TPSA) is 86.8 Å². The van der Waals surface area contributed by atoms with E-state index < -0.39 is 0 Å². The Kier molecular flexibility index (Phi) is 4.84.